The molecular weight excluding hydrogens is 434 g/mol. The summed E-state index contributed by atoms with van der Waals surface area (Å²) in [5.74, 6) is 2.21. The SMILES string of the molecule is CC(=O)N1CCN(C(=O)C2CCC(CN3CN(C)c4ccc(Br)nc43)CC2)CC1. The highest BCUT2D eigenvalue weighted by Gasteiger charge is 2.33. The van der Waals surface area contributed by atoms with Crippen LogP contribution in [-0.4, -0.2) is 73.0 Å². The van der Waals surface area contributed by atoms with Crippen LogP contribution in [0.4, 0.5) is 11.5 Å². The van der Waals surface area contributed by atoms with Gasteiger partial charge in [0.05, 0.1) is 12.4 Å². The van der Waals surface area contributed by atoms with Crippen molar-refractivity contribution in [1.29, 1.82) is 0 Å². The lowest BCUT2D eigenvalue weighted by molar-refractivity contribution is -0.142. The van der Waals surface area contributed by atoms with Crippen LogP contribution in [0.15, 0.2) is 16.7 Å². The van der Waals surface area contributed by atoms with E-state index in [4.69, 9.17) is 0 Å². The average molecular weight is 464 g/mol. The van der Waals surface area contributed by atoms with E-state index < -0.39 is 0 Å². The summed E-state index contributed by atoms with van der Waals surface area (Å²) in [6.45, 7) is 6.16. The molecule has 0 spiro atoms. The van der Waals surface area contributed by atoms with Crippen LogP contribution in [0, 0.1) is 11.8 Å². The number of anilines is 2. The number of fused-ring (bicyclic) bond motifs is 1. The number of aromatic nitrogens is 1. The quantitative estimate of drug-likeness (QED) is 0.644. The third-order valence-electron chi connectivity index (χ3n) is 6.63. The maximum Gasteiger partial charge on any atom is 0.225 e. The first-order chi connectivity index (χ1) is 13.9. The van der Waals surface area contributed by atoms with E-state index in [0.717, 1.165) is 49.3 Å². The fourth-order valence-electron chi connectivity index (χ4n) is 4.90. The second-order valence-electron chi connectivity index (χ2n) is 8.59. The van der Waals surface area contributed by atoms with Crippen LogP contribution in [0.1, 0.15) is 32.6 Å². The summed E-state index contributed by atoms with van der Waals surface area (Å²) < 4.78 is 0.871. The predicted molar refractivity (Wildman–Crippen MR) is 117 cm³/mol. The molecule has 0 unspecified atom stereocenters. The molecule has 1 saturated carbocycles. The molecule has 0 aromatic carbocycles. The molecule has 1 aromatic rings. The van der Waals surface area contributed by atoms with Crippen LogP contribution in [-0.2, 0) is 9.59 Å². The molecule has 1 aromatic heterocycles. The second-order valence-corrected chi connectivity index (χ2v) is 9.40. The minimum absolute atomic E-state index is 0.105. The topological polar surface area (TPSA) is 60.0 Å². The second kappa shape index (κ2) is 8.50. The van der Waals surface area contributed by atoms with Gasteiger partial charge in [-0.3, -0.25) is 9.59 Å². The number of carbonyl (C=O) groups excluding carboxylic acids is 2. The molecule has 0 radical (unpaired) electrons. The van der Waals surface area contributed by atoms with Gasteiger partial charge in [0.2, 0.25) is 11.8 Å². The van der Waals surface area contributed by atoms with Gasteiger partial charge < -0.3 is 19.6 Å². The summed E-state index contributed by atoms with van der Waals surface area (Å²) in [4.78, 5) is 37.5. The molecule has 3 aliphatic rings. The zero-order valence-corrected chi connectivity index (χ0v) is 18.9. The monoisotopic (exact) mass is 463 g/mol. The van der Waals surface area contributed by atoms with E-state index in [1.807, 2.05) is 15.9 Å². The van der Waals surface area contributed by atoms with Crippen LogP contribution in [0.2, 0.25) is 0 Å². The lowest BCUT2D eigenvalue weighted by Gasteiger charge is -2.38. The van der Waals surface area contributed by atoms with Gasteiger partial charge in [-0.2, -0.15) is 0 Å². The van der Waals surface area contributed by atoms with Crippen LogP contribution in [0.3, 0.4) is 0 Å². The molecule has 2 fully saturated rings. The summed E-state index contributed by atoms with van der Waals surface area (Å²) >= 11 is 3.49. The summed E-state index contributed by atoms with van der Waals surface area (Å²) in [6.07, 6.45) is 4.12. The highest BCUT2D eigenvalue weighted by molar-refractivity contribution is 9.10. The zero-order valence-electron chi connectivity index (χ0n) is 17.3. The number of hydrogen-bond acceptors (Lipinski definition) is 5. The molecule has 7 nitrogen and oxygen atoms in total. The first kappa shape index (κ1) is 20.4. The van der Waals surface area contributed by atoms with E-state index in [2.05, 4.69) is 43.8 Å². The summed E-state index contributed by atoms with van der Waals surface area (Å²) in [5, 5.41) is 0. The Kier molecular flexibility index (Phi) is 5.99. The first-order valence-electron chi connectivity index (χ1n) is 10.6. The Balaban J connectivity index is 1.28. The van der Waals surface area contributed by atoms with E-state index in [0.29, 0.717) is 38.0 Å². The Bertz CT molecular complexity index is 772. The van der Waals surface area contributed by atoms with Crippen molar-refractivity contribution in [1.82, 2.24) is 14.8 Å². The largest absolute Gasteiger partial charge is 0.354 e. The van der Waals surface area contributed by atoms with E-state index in [-0.39, 0.29) is 11.8 Å². The fraction of sp³-hybridized carbons (Fsp3) is 0.667. The maximum absolute atomic E-state index is 12.9. The van der Waals surface area contributed by atoms with Crippen LogP contribution in [0.25, 0.3) is 0 Å². The van der Waals surface area contributed by atoms with E-state index in [1.165, 1.54) is 5.69 Å². The van der Waals surface area contributed by atoms with Crippen LogP contribution < -0.4 is 9.80 Å². The van der Waals surface area contributed by atoms with Crippen molar-refractivity contribution < 1.29 is 9.59 Å². The van der Waals surface area contributed by atoms with Gasteiger partial charge in [-0.25, -0.2) is 4.98 Å². The summed E-state index contributed by atoms with van der Waals surface area (Å²) in [5.41, 5.74) is 1.18. The number of pyridine rings is 1. The number of piperazine rings is 1. The Morgan fingerprint density at radius 3 is 2.38 bits per heavy atom. The minimum atomic E-state index is 0.105. The van der Waals surface area contributed by atoms with Crippen molar-refractivity contribution in [2.75, 3.05) is 56.2 Å². The molecule has 29 heavy (non-hydrogen) atoms. The first-order valence-corrected chi connectivity index (χ1v) is 11.4. The van der Waals surface area contributed by atoms with E-state index in [9.17, 15) is 9.59 Å². The predicted octanol–water partition coefficient (Wildman–Crippen LogP) is 2.55. The Morgan fingerprint density at radius 2 is 1.72 bits per heavy atom. The standard InChI is InChI=1S/C21H30BrN5O2/c1-15(28)25-9-11-26(12-10-25)21(29)17-5-3-16(4-6-17)13-27-14-24(2)18-7-8-19(22)23-20(18)27/h7-8,16-17H,3-6,9-14H2,1-2H3. The number of nitrogens with zero attached hydrogens (tertiary/aromatic N) is 5. The summed E-state index contributed by atoms with van der Waals surface area (Å²) in [6, 6.07) is 4.11. The van der Waals surface area contributed by atoms with E-state index in [1.54, 1.807) is 6.92 Å². The lowest BCUT2D eigenvalue weighted by Crippen LogP contribution is -2.51. The highest BCUT2D eigenvalue weighted by Crippen LogP contribution is 2.37. The Labute approximate surface area is 181 Å². The Morgan fingerprint density at radius 1 is 1.07 bits per heavy atom. The van der Waals surface area contributed by atoms with Crippen LogP contribution in [0.5, 0.6) is 0 Å². The molecule has 2 aliphatic heterocycles. The zero-order chi connectivity index (χ0) is 20.5. The number of carbonyl (C=O) groups is 2. The Hall–Kier alpha value is -1.83. The van der Waals surface area contributed by atoms with Gasteiger partial charge >= 0.3 is 0 Å². The van der Waals surface area contributed by atoms with Crippen molar-refractivity contribution in [3.8, 4) is 0 Å². The van der Waals surface area contributed by atoms with Gasteiger partial charge in [0.15, 0.2) is 5.82 Å². The van der Waals surface area contributed by atoms with Crippen molar-refractivity contribution in [2.24, 2.45) is 11.8 Å². The smallest absolute Gasteiger partial charge is 0.225 e. The number of rotatable bonds is 3. The molecule has 0 atom stereocenters. The van der Waals surface area contributed by atoms with Gasteiger partial charge in [0.25, 0.3) is 0 Å². The van der Waals surface area contributed by atoms with Crippen LogP contribution >= 0.6 is 15.9 Å². The fourth-order valence-corrected chi connectivity index (χ4v) is 5.20. The average Bonchev–Trinajstić information content (AvgIpc) is 3.02. The molecule has 2 amide bonds. The molecule has 4 rings (SSSR count). The van der Waals surface area contributed by atoms with Gasteiger partial charge in [-0.1, -0.05) is 0 Å². The highest BCUT2D eigenvalue weighted by atomic mass is 79.9. The van der Waals surface area contributed by atoms with E-state index >= 15 is 0 Å². The molecular formula is C21H30BrN5O2. The maximum atomic E-state index is 12.9. The van der Waals surface area contributed by atoms with Gasteiger partial charge in [0, 0.05) is 52.6 Å². The third kappa shape index (κ3) is 4.37. The van der Waals surface area contributed by atoms with Gasteiger partial charge in [-0.05, 0) is 59.7 Å². The lowest BCUT2D eigenvalue weighted by atomic mass is 9.81. The molecule has 1 aliphatic carbocycles. The minimum Gasteiger partial charge on any atom is -0.354 e. The van der Waals surface area contributed by atoms with Crippen molar-refractivity contribution in [3.63, 3.8) is 0 Å². The van der Waals surface area contributed by atoms with Crippen molar-refractivity contribution >= 4 is 39.2 Å². The van der Waals surface area contributed by atoms with Crippen molar-refractivity contribution in [2.45, 2.75) is 32.6 Å². The molecule has 158 valence electrons. The van der Waals surface area contributed by atoms with Crippen molar-refractivity contribution in [3.05, 3.63) is 16.7 Å². The molecule has 0 N–H and O–H groups in total. The molecule has 8 heteroatoms. The number of amides is 2. The molecule has 0 bridgehead atoms. The number of halogens is 1. The third-order valence-corrected chi connectivity index (χ3v) is 7.07. The normalized spacial score (nSPS) is 24.7. The van der Waals surface area contributed by atoms with Gasteiger partial charge in [-0.15, -0.1) is 0 Å². The summed E-state index contributed by atoms with van der Waals surface area (Å²) in [7, 11) is 2.11. The van der Waals surface area contributed by atoms with Gasteiger partial charge in [0.1, 0.15) is 4.60 Å². The number of hydrogen-bond donors (Lipinski definition) is 0. The molecule has 1 saturated heterocycles. The molecule has 3 heterocycles.